The summed E-state index contributed by atoms with van der Waals surface area (Å²) in [5, 5.41) is 3.41. The number of benzene rings is 2. The van der Waals surface area contributed by atoms with Crippen LogP contribution in [0.1, 0.15) is 19.3 Å². The maximum Gasteiger partial charge on any atom is 0.120 e. The molecule has 5 N–H and O–H groups in total. The minimum atomic E-state index is 0.619. The van der Waals surface area contributed by atoms with Crippen LogP contribution < -0.4 is 21.5 Å². The lowest BCUT2D eigenvalue weighted by Gasteiger charge is -2.10. The number of ether oxygens (including phenoxy) is 1. The summed E-state index contributed by atoms with van der Waals surface area (Å²) in [5.74, 6) is 1.75. The van der Waals surface area contributed by atoms with Crippen LogP contribution in [-0.4, -0.2) is 19.7 Å². The van der Waals surface area contributed by atoms with Gasteiger partial charge in [-0.2, -0.15) is 0 Å². The van der Waals surface area contributed by atoms with Crippen molar-refractivity contribution >= 4 is 23.1 Å². The third-order valence-electron chi connectivity index (χ3n) is 4.29. The van der Waals surface area contributed by atoms with E-state index in [4.69, 9.17) is 16.2 Å². The van der Waals surface area contributed by atoms with Crippen LogP contribution in [0.25, 0.3) is 0 Å². The van der Waals surface area contributed by atoms with Crippen molar-refractivity contribution in [3.05, 3.63) is 42.5 Å². The SMILES string of the molecule is Nc1ccc(Sc2cccc(OCCCC3CCNC3)c2)cc1N. The molecule has 0 saturated carbocycles. The number of nitrogens with two attached hydrogens (primary N) is 2. The molecule has 0 bridgehead atoms. The Kier molecular flexibility index (Phi) is 5.88. The molecule has 1 unspecified atom stereocenters. The van der Waals surface area contributed by atoms with Gasteiger partial charge in [0.2, 0.25) is 0 Å². The van der Waals surface area contributed by atoms with Gasteiger partial charge in [0, 0.05) is 9.79 Å². The lowest BCUT2D eigenvalue weighted by molar-refractivity contribution is 0.294. The number of nitrogens with one attached hydrogen (secondary N) is 1. The van der Waals surface area contributed by atoms with Crippen LogP contribution in [0.5, 0.6) is 5.75 Å². The number of nitrogen functional groups attached to an aromatic ring is 2. The van der Waals surface area contributed by atoms with Crippen LogP contribution in [0.15, 0.2) is 52.3 Å². The molecule has 0 aliphatic carbocycles. The van der Waals surface area contributed by atoms with Crippen molar-refractivity contribution in [3.8, 4) is 5.75 Å². The summed E-state index contributed by atoms with van der Waals surface area (Å²) in [5.41, 5.74) is 12.9. The van der Waals surface area contributed by atoms with Gasteiger partial charge in [-0.25, -0.2) is 0 Å². The Balaban J connectivity index is 1.50. The van der Waals surface area contributed by atoms with Gasteiger partial charge in [0.15, 0.2) is 0 Å². The number of hydrogen-bond acceptors (Lipinski definition) is 5. The minimum Gasteiger partial charge on any atom is -0.494 e. The van der Waals surface area contributed by atoms with Crippen molar-refractivity contribution in [1.29, 1.82) is 0 Å². The zero-order chi connectivity index (χ0) is 16.8. The second-order valence-corrected chi connectivity index (χ2v) is 7.36. The molecule has 1 aliphatic rings. The molecule has 5 heteroatoms. The van der Waals surface area contributed by atoms with Crippen molar-refractivity contribution in [2.45, 2.75) is 29.1 Å². The van der Waals surface area contributed by atoms with E-state index in [-0.39, 0.29) is 0 Å². The van der Waals surface area contributed by atoms with Crippen molar-refractivity contribution in [3.63, 3.8) is 0 Å². The fourth-order valence-electron chi connectivity index (χ4n) is 2.90. The normalized spacial score (nSPS) is 17.1. The fourth-order valence-corrected chi connectivity index (χ4v) is 3.82. The Morgan fingerprint density at radius 2 is 1.96 bits per heavy atom. The molecule has 3 rings (SSSR count). The lowest BCUT2D eigenvalue weighted by atomic mass is 10.0. The van der Waals surface area contributed by atoms with Crippen molar-refractivity contribution in [2.24, 2.45) is 5.92 Å². The third kappa shape index (κ3) is 4.82. The maximum absolute atomic E-state index is 5.91. The summed E-state index contributed by atoms with van der Waals surface area (Å²) < 4.78 is 5.91. The standard InChI is InChI=1S/C19H25N3OS/c20-18-7-6-17(12-19(18)21)24-16-5-1-4-15(11-16)23-10-2-3-14-8-9-22-13-14/h1,4-7,11-12,14,22H,2-3,8-10,13,20-21H2. The minimum absolute atomic E-state index is 0.619. The summed E-state index contributed by atoms with van der Waals surface area (Å²) in [7, 11) is 0. The average molecular weight is 343 g/mol. The molecule has 1 aliphatic heterocycles. The van der Waals surface area contributed by atoms with Crippen molar-refractivity contribution < 1.29 is 4.74 Å². The van der Waals surface area contributed by atoms with Crippen LogP contribution in [0.4, 0.5) is 11.4 Å². The Morgan fingerprint density at radius 1 is 1.08 bits per heavy atom. The summed E-state index contributed by atoms with van der Waals surface area (Å²) in [4.78, 5) is 2.21. The first-order valence-corrected chi connectivity index (χ1v) is 9.29. The van der Waals surface area contributed by atoms with Crippen LogP contribution in [-0.2, 0) is 0 Å². The molecule has 0 amide bonds. The highest BCUT2D eigenvalue weighted by Gasteiger charge is 2.13. The molecule has 0 spiro atoms. The van der Waals surface area contributed by atoms with E-state index in [0.717, 1.165) is 41.0 Å². The van der Waals surface area contributed by atoms with Gasteiger partial charge in [0.1, 0.15) is 5.75 Å². The molecule has 2 aromatic rings. The van der Waals surface area contributed by atoms with Crippen LogP contribution in [0.3, 0.4) is 0 Å². The van der Waals surface area contributed by atoms with Crippen LogP contribution in [0.2, 0.25) is 0 Å². The third-order valence-corrected chi connectivity index (χ3v) is 5.27. The molecule has 24 heavy (non-hydrogen) atoms. The Labute approximate surface area is 148 Å². The van der Waals surface area contributed by atoms with Crippen LogP contribution >= 0.6 is 11.8 Å². The largest absolute Gasteiger partial charge is 0.494 e. The van der Waals surface area contributed by atoms with Gasteiger partial charge < -0.3 is 21.5 Å². The molecule has 1 heterocycles. The first kappa shape index (κ1) is 17.0. The Hall–Kier alpha value is -1.85. The molecule has 1 atom stereocenters. The van der Waals surface area contributed by atoms with E-state index in [1.807, 2.05) is 30.3 Å². The Bertz CT molecular complexity index is 671. The molecule has 0 radical (unpaired) electrons. The van der Waals surface area contributed by atoms with Crippen LogP contribution in [0, 0.1) is 5.92 Å². The topological polar surface area (TPSA) is 73.3 Å². The average Bonchev–Trinajstić information content (AvgIpc) is 3.09. The van der Waals surface area contributed by atoms with E-state index in [1.165, 1.54) is 19.4 Å². The molecule has 1 fully saturated rings. The Morgan fingerprint density at radius 3 is 2.75 bits per heavy atom. The van der Waals surface area contributed by atoms with Gasteiger partial charge in [-0.1, -0.05) is 17.8 Å². The number of rotatable bonds is 7. The highest BCUT2D eigenvalue weighted by Crippen LogP contribution is 2.32. The summed E-state index contributed by atoms with van der Waals surface area (Å²) >= 11 is 1.66. The summed E-state index contributed by atoms with van der Waals surface area (Å²) in [6.07, 6.45) is 3.65. The predicted octanol–water partition coefficient (Wildman–Crippen LogP) is 3.77. The highest BCUT2D eigenvalue weighted by molar-refractivity contribution is 7.99. The predicted molar refractivity (Wildman–Crippen MR) is 102 cm³/mol. The molecule has 4 nitrogen and oxygen atoms in total. The smallest absolute Gasteiger partial charge is 0.120 e. The molecule has 128 valence electrons. The van der Waals surface area contributed by atoms with E-state index >= 15 is 0 Å². The maximum atomic E-state index is 5.91. The molecule has 2 aromatic carbocycles. The van der Waals surface area contributed by atoms with E-state index in [0.29, 0.717) is 11.4 Å². The van der Waals surface area contributed by atoms with Gasteiger partial charge in [0.25, 0.3) is 0 Å². The monoisotopic (exact) mass is 343 g/mol. The molecular weight excluding hydrogens is 318 g/mol. The number of hydrogen-bond donors (Lipinski definition) is 3. The quantitative estimate of drug-likeness (QED) is 0.527. The van der Waals surface area contributed by atoms with Gasteiger partial charge in [0.05, 0.1) is 18.0 Å². The van der Waals surface area contributed by atoms with Gasteiger partial charge in [-0.15, -0.1) is 0 Å². The van der Waals surface area contributed by atoms with E-state index in [9.17, 15) is 0 Å². The van der Waals surface area contributed by atoms with Crippen molar-refractivity contribution in [1.82, 2.24) is 5.32 Å². The van der Waals surface area contributed by atoms with E-state index in [2.05, 4.69) is 17.4 Å². The van der Waals surface area contributed by atoms with E-state index in [1.54, 1.807) is 11.8 Å². The zero-order valence-corrected chi connectivity index (χ0v) is 14.6. The highest BCUT2D eigenvalue weighted by atomic mass is 32.2. The second kappa shape index (κ2) is 8.31. The van der Waals surface area contributed by atoms with Gasteiger partial charge in [-0.05, 0) is 74.7 Å². The number of anilines is 2. The second-order valence-electron chi connectivity index (χ2n) is 6.22. The first-order chi connectivity index (χ1) is 11.7. The van der Waals surface area contributed by atoms with Gasteiger partial charge >= 0.3 is 0 Å². The first-order valence-electron chi connectivity index (χ1n) is 8.47. The van der Waals surface area contributed by atoms with E-state index < -0.39 is 0 Å². The lowest BCUT2D eigenvalue weighted by Crippen LogP contribution is -2.09. The molecular formula is C19H25N3OS. The van der Waals surface area contributed by atoms with Gasteiger partial charge in [-0.3, -0.25) is 0 Å². The molecule has 0 aromatic heterocycles. The zero-order valence-electron chi connectivity index (χ0n) is 13.8. The van der Waals surface area contributed by atoms with Crippen molar-refractivity contribution in [2.75, 3.05) is 31.2 Å². The fraction of sp³-hybridized carbons (Fsp3) is 0.368. The molecule has 1 saturated heterocycles. The summed E-state index contributed by atoms with van der Waals surface area (Å²) in [6.45, 7) is 3.11. The summed E-state index contributed by atoms with van der Waals surface area (Å²) in [6, 6.07) is 13.9.